The maximum Gasteiger partial charge on any atom is 0.276 e. The Morgan fingerprint density at radius 2 is 2.00 bits per heavy atom. The van der Waals surface area contributed by atoms with Crippen LogP contribution in [-0.4, -0.2) is 52.0 Å². The zero-order valence-corrected chi connectivity index (χ0v) is 16.0. The van der Waals surface area contributed by atoms with Gasteiger partial charge in [0.15, 0.2) is 5.69 Å². The Morgan fingerprint density at radius 1 is 1.26 bits per heavy atom. The van der Waals surface area contributed by atoms with Crippen molar-refractivity contribution in [2.75, 3.05) is 20.2 Å². The molecule has 1 aromatic heterocycles. The number of piperidine rings is 1. The summed E-state index contributed by atoms with van der Waals surface area (Å²) < 4.78 is 7.41. The number of ether oxygens (including phenoxy) is 1. The molecule has 2 aliphatic rings. The molecule has 1 aromatic carbocycles. The molecule has 1 aliphatic heterocycles. The van der Waals surface area contributed by atoms with Gasteiger partial charge >= 0.3 is 0 Å². The van der Waals surface area contributed by atoms with E-state index in [1.807, 2.05) is 40.8 Å². The molecule has 2 fully saturated rings. The van der Waals surface area contributed by atoms with Crippen molar-refractivity contribution in [3.63, 3.8) is 0 Å². The molecule has 4 rings (SSSR count). The van der Waals surface area contributed by atoms with E-state index in [1.54, 1.807) is 7.11 Å². The molecule has 144 valence electrons. The minimum Gasteiger partial charge on any atom is -0.496 e. The van der Waals surface area contributed by atoms with Crippen molar-refractivity contribution in [3.8, 4) is 5.75 Å². The second-order valence-corrected chi connectivity index (χ2v) is 7.43. The summed E-state index contributed by atoms with van der Waals surface area (Å²) in [6.07, 6.45) is 4.13. The number of carbonyl (C=O) groups is 1. The van der Waals surface area contributed by atoms with Gasteiger partial charge in [-0.15, -0.1) is 5.10 Å². The maximum atomic E-state index is 13.3. The first kappa shape index (κ1) is 18.0. The predicted octanol–water partition coefficient (Wildman–Crippen LogP) is 2.32. The monoisotopic (exact) mass is 369 g/mol. The molecule has 0 unspecified atom stereocenters. The number of methoxy groups -OCH3 is 1. The van der Waals surface area contributed by atoms with Crippen molar-refractivity contribution in [2.24, 2.45) is 0 Å². The summed E-state index contributed by atoms with van der Waals surface area (Å²) >= 11 is 0. The Bertz CT molecular complexity index is 808. The third-order valence-corrected chi connectivity index (χ3v) is 5.57. The number of hydrogen-bond donors (Lipinski definition) is 1. The third kappa shape index (κ3) is 3.69. The van der Waals surface area contributed by atoms with Crippen LogP contribution in [0.3, 0.4) is 0 Å². The highest BCUT2D eigenvalue weighted by Crippen LogP contribution is 2.32. The zero-order chi connectivity index (χ0) is 18.8. The van der Waals surface area contributed by atoms with E-state index in [4.69, 9.17) is 4.74 Å². The van der Waals surface area contributed by atoms with Crippen molar-refractivity contribution in [2.45, 2.75) is 51.2 Å². The normalized spacial score (nSPS) is 17.7. The SMILES string of the molecule is COc1ccccc1CN(C(=O)c1nnn(C2CCNCC2)c1C)C1CC1. The fraction of sp³-hybridized carbons (Fsp3) is 0.550. The van der Waals surface area contributed by atoms with E-state index in [2.05, 4.69) is 15.6 Å². The van der Waals surface area contributed by atoms with Gasteiger partial charge in [-0.2, -0.15) is 0 Å². The summed E-state index contributed by atoms with van der Waals surface area (Å²) in [6, 6.07) is 8.48. The summed E-state index contributed by atoms with van der Waals surface area (Å²) in [5.74, 6) is 0.784. The van der Waals surface area contributed by atoms with Crippen LogP contribution >= 0.6 is 0 Å². The molecule has 2 heterocycles. The lowest BCUT2D eigenvalue weighted by Gasteiger charge is -2.24. The van der Waals surface area contributed by atoms with Crippen LogP contribution in [0.1, 0.15) is 53.5 Å². The number of nitrogens with one attached hydrogen (secondary N) is 1. The standard InChI is InChI=1S/C20H27N5O2/c1-14-19(22-23-25(14)17-9-11-21-12-10-17)20(26)24(16-7-8-16)13-15-5-3-4-6-18(15)27-2/h3-6,16-17,21H,7-13H2,1-2H3. The maximum absolute atomic E-state index is 13.3. The molecular weight excluding hydrogens is 342 g/mol. The van der Waals surface area contributed by atoms with E-state index in [1.165, 1.54) is 0 Å². The molecular formula is C20H27N5O2. The molecule has 0 radical (unpaired) electrons. The summed E-state index contributed by atoms with van der Waals surface area (Å²) in [6.45, 7) is 4.46. The van der Waals surface area contributed by atoms with Crippen LogP contribution in [0.15, 0.2) is 24.3 Å². The van der Waals surface area contributed by atoms with Gasteiger partial charge in [-0.1, -0.05) is 23.4 Å². The smallest absolute Gasteiger partial charge is 0.276 e. The van der Waals surface area contributed by atoms with Gasteiger partial charge in [0.25, 0.3) is 5.91 Å². The molecule has 1 aliphatic carbocycles. The van der Waals surface area contributed by atoms with Gasteiger partial charge in [0.05, 0.1) is 18.8 Å². The van der Waals surface area contributed by atoms with Gasteiger partial charge in [-0.05, 0) is 51.8 Å². The average molecular weight is 369 g/mol. The van der Waals surface area contributed by atoms with Gasteiger partial charge in [-0.3, -0.25) is 4.79 Å². The lowest BCUT2D eigenvalue weighted by molar-refractivity contribution is 0.0721. The Balaban J connectivity index is 1.57. The number of rotatable bonds is 6. The largest absolute Gasteiger partial charge is 0.496 e. The van der Waals surface area contributed by atoms with E-state index < -0.39 is 0 Å². The second-order valence-electron chi connectivity index (χ2n) is 7.43. The molecule has 1 saturated heterocycles. The van der Waals surface area contributed by atoms with Gasteiger partial charge in [-0.25, -0.2) is 4.68 Å². The molecule has 1 amide bonds. The number of benzene rings is 1. The van der Waals surface area contributed by atoms with E-state index in [0.717, 1.165) is 55.8 Å². The quantitative estimate of drug-likeness (QED) is 0.846. The first-order valence-corrected chi connectivity index (χ1v) is 9.74. The lowest BCUT2D eigenvalue weighted by atomic mass is 10.1. The number of nitrogens with zero attached hydrogens (tertiary/aromatic N) is 4. The highest BCUT2D eigenvalue weighted by Gasteiger charge is 2.36. The summed E-state index contributed by atoms with van der Waals surface area (Å²) in [5, 5.41) is 12.0. The number of hydrogen-bond acceptors (Lipinski definition) is 5. The Morgan fingerprint density at radius 3 is 2.70 bits per heavy atom. The van der Waals surface area contributed by atoms with Crippen LogP contribution in [0, 0.1) is 6.92 Å². The van der Waals surface area contributed by atoms with Crippen molar-refractivity contribution in [1.82, 2.24) is 25.2 Å². The minimum atomic E-state index is -0.0268. The van der Waals surface area contributed by atoms with Crippen LogP contribution < -0.4 is 10.1 Å². The van der Waals surface area contributed by atoms with E-state index in [0.29, 0.717) is 18.3 Å². The summed E-state index contributed by atoms with van der Waals surface area (Å²) in [4.78, 5) is 15.2. The molecule has 7 heteroatoms. The molecule has 0 spiro atoms. The van der Waals surface area contributed by atoms with Crippen molar-refractivity contribution < 1.29 is 9.53 Å². The number of para-hydroxylation sites is 1. The molecule has 0 bridgehead atoms. The number of aromatic nitrogens is 3. The summed E-state index contributed by atoms with van der Waals surface area (Å²) in [7, 11) is 1.66. The van der Waals surface area contributed by atoms with Crippen LogP contribution in [0.2, 0.25) is 0 Å². The third-order valence-electron chi connectivity index (χ3n) is 5.57. The topological polar surface area (TPSA) is 72.3 Å². The average Bonchev–Trinajstić information content (AvgIpc) is 3.48. The second kappa shape index (κ2) is 7.68. The minimum absolute atomic E-state index is 0.0268. The fourth-order valence-corrected chi connectivity index (χ4v) is 3.84. The molecule has 1 N–H and O–H groups in total. The van der Waals surface area contributed by atoms with Crippen molar-refractivity contribution in [3.05, 3.63) is 41.2 Å². The first-order valence-electron chi connectivity index (χ1n) is 9.74. The van der Waals surface area contributed by atoms with E-state index in [-0.39, 0.29) is 11.9 Å². The molecule has 1 saturated carbocycles. The van der Waals surface area contributed by atoms with Crippen LogP contribution in [0.5, 0.6) is 5.75 Å². The van der Waals surface area contributed by atoms with E-state index >= 15 is 0 Å². The zero-order valence-electron chi connectivity index (χ0n) is 16.0. The Kier molecular flexibility index (Phi) is 5.11. The van der Waals surface area contributed by atoms with Crippen LogP contribution in [0.4, 0.5) is 0 Å². The van der Waals surface area contributed by atoms with Gasteiger partial charge in [0.1, 0.15) is 5.75 Å². The van der Waals surface area contributed by atoms with Crippen LogP contribution in [-0.2, 0) is 6.54 Å². The fourth-order valence-electron chi connectivity index (χ4n) is 3.84. The lowest BCUT2D eigenvalue weighted by Crippen LogP contribution is -2.34. The number of amides is 1. The van der Waals surface area contributed by atoms with Gasteiger partial charge < -0.3 is 15.0 Å². The Labute approximate surface area is 159 Å². The first-order chi connectivity index (χ1) is 13.2. The molecule has 7 nitrogen and oxygen atoms in total. The van der Waals surface area contributed by atoms with Gasteiger partial charge in [0, 0.05) is 18.2 Å². The summed E-state index contributed by atoms with van der Waals surface area (Å²) in [5.41, 5.74) is 2.37. The predicted molar refractivity (Wildman–Crippen MR) is 102 cm³/mol. The molecule has 2 aromatic rings. The Hall–Kier alpha value is -2.41. The molecule has 27 heavy (non-hydrogen) atoms. The highest BCUT2D eigenvalue weighted by atomic mass is 16.5. The van der Waals surface area contributed by atoms with Crippen molar-refractivity contribution in [1.29, 1.82) is 0 Å². The highest BCUT2D eigenvalue weighted by molar-refractivity contribution is 5.93. The van der Waals surface area contributed by atoms with Crippen LogP contribution in [0.25, 0.3) is 0 Å². The number of carbonyl (C=O) groups excluding carboxylic acids is 1. The molecule has 0 atom stereocenters. The van der Waals surface area contributed by atoms with Crippen molar-refractivity contribution >= 4 is 5.91 Å². The van der Waals surface area contributed by atoms with Gasteiger partial charge in [0.2, 0.25) is 0 Å². The van der Waals surface area contributed by atoms with E-state index in [9.17, 15) is 4.79 Å².